The van der Waals surface area contributed by atoms with E-state index >= 15 is 0 Å². The number of nitrogens with zero attached hydrogens (tertiary/aromatic N) is 5. The number of allylic oxidation sites excluding steroid dienone is 1. The molecule has 2 saturated heterocycles. The summed E-state index contributed by atoms with van der Waals surface area (Å²) in [5.41, 5.74) is 0. The molecule has 138 valence electrons. The molecule has 0 aromatic carbocycles. The predicted molar refractivity (Wildman–Crippen MR) is 93.1 cm³/mol. The van der Waals surface area contributed by atoms with Gasteiger partial charge in [-0.25, -0.2) is 18.9 Å². The highest BCUT2D eigenvalue weighted by Crippen LogP contribution is 2.63. The van der Waals surface area contributed by atoms with Crippen molar-refractivity contribution in [3.05, 3.63) is 34.8 Å². The summed E-state index contributed by atoms with van der Waals surface area (Å²) in [6.45, 7) is 11.0. The van der Waals surface area contributed by atoms with E-state index in [4.69, 9.17) is 4.52 Å². The summed E-state index contributed by atoms with van der Waals surface area (Å²) in [6.07, 6.45) is 2.95. The van der Waals surface area contributed by atoms with E-state index in [-0.39, 0.29) is 11.7 Å². The average molecular weight is 369 g/mol. The maximum atomic E-state index is 13.3. The Hall–Kier alpha value is -1.54. The standard InChI is InChI=1S/C15H24N5O4P/c1-4-5-6-19-13(20(21)22)11-16-15(19)14(12(2)3)24-25(23,17-7-8-17)18-9-10-18/h4,11-12,14H,1,5-10H2,2-3H3. The minimum Gasteiger partial charge on any atom is -0.358 e. The SMILES string of the molecule is C=CCCn1c([N+](=O)[O-])cnc1C(OP(=O)(N1CC1)N1CC1)C(C)C. The lowest BCUT2D eigenvalue weighted by molar-refractivity contribution is -0.392. The number of rotatable bonds is 10. The van der Waals surface area contributed by atoms with Gasteiger partial charge in [0, 0.05) is 32.6 Å². The Bertz CT molecular complexity index is 695. The molecule has 0 aliphatic carbocycles. The van der Waals surface area contributed by atoms with E-state index in [0.717, 1.165) is 26.2 Å². The van der Waals surface area contributed by atoms with Gasteiger partial charge in [0.2, 0.25) is 5.82 Å². The van der Waals surface area contributed by atoms with Crippen LogP contribution < -0.4 is 0 Å². The molecule has 1 aromatic rings. The van der Waals surface area contributed by atoms with Gasteiger partial charge in [-0.2, -0.15) is 0 Å². The van der Waals surface area contributed by atoms with Crippen LogP contribution in [0, 0.1) is 16.0 Å². The molecule has 3 heterocycles. The van der Waals surface area contributed by atoms with Crippen molar-refractivity contribution < 1.29 is 14.0 Å². The molecule has 9 nitrogen and oxygen atoms in total. The normalized spacial score (nSPS) is 19.2. The Labute approximate surface area is 147 Å². The van der Waals surface area contributed by atoms with Gasteiger partial charge >= 0.3 is 13.5 Å². The number of nitro groups is 1. The zero-order valence-corrected chi connectivity index (χ0v) is 15.5. The van der Waals surface area contributed by atoms with Crippen LogP contribution in [-0.4, -0.2) is 50.0 Å². The maximum absolute atomic E-state index is 13.3. The monoisotopic (exact) mass is 369 g/mol. The van der Waals surface area contributed by atoms with Crippen LogP contribution in [0.1, 0.15) is 32.2 Å². The first-order chi connectivity index (χ1) is 11.9. The van der Waals surface area contributed by atoms with Crippen molar-refractivity contribution >= 4 is 13.5 Å². The van der Waals surface area contributed by atoms with Crippen LogP contribution in [-0.2, 0) is 15.6 Å². The van der Waals surface area contributed by atoms with Crippen molar-refractivity contribution in [1.29, 1.82) is 0 Å². The molecule has 0 saturated carbocycles. The Morgan fingerprint density at radius 1 is 1.40 bits per heavy atom. The van der Waals surface area contributed by atoms with Gasteiger partial charge in [0.1, 0.15) is 12.3 Å². The fourth-order valence-electron chi connectivity index (χ4n) is 2.72. The lowest BCUT2D eigenvalue weighted by Gasteiger charge is -2.27. The zero-order chi connectivity index (χ0) is 18.2. The van der Waals surface area contributed by atoms with E-state index in [1.807, 2.05) is 23.2 Å². The highest BCUT2D eigenvalue weighted by Gasteiger charge is 2.52. The minimum atomic E-state index is -3.05. The summed E-state index contributed by atoms with van der Waals surface area (Å²) in [4.78, 5) is 15.1. The summed E-state index contributed by atoms with van der Waals surface area (Å²) >= 11 is 0. The van der Waals surface area contributed by atoms with Gasteiger partial charge in [-0.15, -0.1) is 6.58 Å². The minimum absolute atomic E-state index is 0.0299. The highest BCUT2D eigenvalue weighted by molar-refractivity contribution is 7.54. The molecular weight excluding hydrogens is 345 g/mol. The smallest absolute Gasteiger partial charge is 0.347 e. The average Bonchev–Trinajstić information content (AvgIpc) is 3.44. The molecule has 25 heavy (non-hydrogen) atoms. The van der Waals surface area contributed by atoms with Crippen LogP contribution in [0.15, 0.2) is 18.9 Å². The maximum Gasteiger partial charge on any atom is 0.347 e. The molecule has 0 radical (unpaired) electrons. The fraction of sp³-hybridized carbons (Fsp3) is 0.667. The molecular formula is C15H24N5O4P. The molecule has 1 atom stereocenters. The highest BCUT2D eigenvalue weighted by atomic mass is 31.2. The molecule has 1 unspecified atom stereocenters. The summed E-state index contributed by atoms with van der Waals surface area (Å²) in [7, 11) is -3.05. The topological polar surface area (TPSA) is 93.3 Å². The van der Waals surface area contributed by atoms with Gasteiger partial charge in [0.25, 0.3) is 0 Å². The van der Waals surface area contributed by atoms with Crippen molar-refractivity contribution in [1.82, 2.24) is 18.9 Å². The van der Waals surface area contributed by atoms with E-state index in [0.29, 0.717) is 18.8 Å². The van der Waals surface area contributed by atoms with E-state index in [1.165, 1.54) is 6.20 Å². The molecule has 0 amide bonds. The van der Waals surface area contributed by atoms with Crippen LogP contribution in [0.25, 0.3) is 0 Å². The molecule has 3 rings (SSSR count). The molecule has 1 aromatic heterocycles. The summed E-state index contributed by atoms with van der Waals surface area (Å²) in [5, 5.41) is 11.3. The number of hydrogen-bond acceptors (Lipinski definition) is 5. The Morgan fingerprint density at radius 3 is 2.44 bits per heavy atom. The van der Waals surface area contributed by atoms with Gasteiger partial charge in [-0.05, 0) is 10.8 Å². The Morgan fingerprint density at radius 2 is 2.00 bits per heavy atom. The number of aromatic nitrogens is 2. The second-order valence-corrected chi connectivity index (χ2v) is 8.95. The predicted octanol–water partition coefficient (Wildman–Crippen LogP) is 2.82. The van der Waals surface area contributed by atoms with Gasteiger partial charge < -0.3 is 10.1 Å². The van der Waals surface area contributed by atoms with Gasteiger partial charge in [0.15, 0.2) is 0 Å². The lowest BCUT2D eigenvalue weighted by atomic mass is 10.1. The van der Waals surface area contributed by atoms with Gasteiger partial charge in [-0.3, -0.25) is 9.09 Å². The van der Waals surface area contributed by atoms with Gasteiger partial charge in [-0.1, -0.05) is 19.9 Å². The number of imidazole rings is 1. The molecule has 2 aliphatic rings. The van der Waals surface area contributed by atoms with E-state index in [1.54, 1.807) is 10.6 Å². The van der Waals surface area contributed by atoms with Crippen LogP contribution in [0.2, 0.25) is 0 Å². The largest absolute Gasteiger partial charge is 0.358 e. The third kappa shape index (κ3) is 3.69. The molecule has 2 fully saturated rings. The summed E-state index contributed by atoms with van der Waals surface area (Å²) in [5.74, 6) is 0.338. The van der Waals surface area contributed by atoms with E-state index in [2.05, 4.69) is 11.6 Å². The molecule has 0 N–H and O–H groups in total. The van der Waals surface area contributed by atoms with Crippen molar-refractivity contribution in [2.45, 2.75) is 32.9 Å². The van der Waals surface area contributed by atoms with E-state index in [9.17, 15) is 14.7 Å². The first-order valence-corrected chi connectivity index (χ1v) is 10.0. The first-order valence-electron chi connectivity index (χ1n) is 8.48. The zero-order valence-electron chi connectivity index (χ0n) is 14.6. The third-order valence-corrected chi connectivity index (χ3v) is 7.01. The Kier molecular flexibility index (Phi) is 5.11. The summed E-state index contributed by atoms with van der Waals surface area (Å²) in [6, 6.07) is 0. The number of hydrogen-bond donors (Lipinski definition) is 0. The molecule has 2 aliphatic heterocycles. The second-order valence-electron chi connectivity index (χ2n) is 6.63. The summed E-state index contributed by atoms with van der Waals surface area (Å²) < 4.78 is 24.7. The van der Waals surface area contributed by atoms with Crippen LogP contribution in [0.3, 0.4) is 0 Å². The van der Waals surface area contributed by atoms with Crippen molar-refractivity contribution in [2.75, 3.05) is 26.2 Å². The van der Waals surface area contributed by atoms with Crippen molar-refractivity contribution in [3.8, 4) is 0 Å². The molecule has 0 bridgehead atoms. The van der Waals surface area contributed by atoms with Crippen molar-refractivity contribution in [3.63, 3.8) is 0 Å². The Balaban J connectivity index is 1.93. The van der Waals surface area contributed by atoms with Gasteiger partial charge in [0.05, 0.1) is 6.54 Å². The van der Waals surface area contributed by atoms with E-state index < -0.39 is 18.7 Å². The van der Waals surface area contributed by atoms with Crippen LogP contribution >= 0.6 is 7.67 Å². The fourth-order valence-corrected chi connectivity index (χ4v) is 5.17. The lowest BCUT2D eigenvalue weighted by Crippen LogP contribution is -2.20. The van der Waals surface area contributed by atoms with Crippen LogP contribution in [0.4, 0.5) is 5.82 Å². The molecule has 0 spiro atoms. The third-order valence-electron chi connectivity index (χ3n) is 4.28. The van der Waals surface area contributed by atoms with Crippen LogP contribution in [0.5, 0.6) is 0 Å². The molecule has 10 heteroatoms. The quantitative estimate of drug-likeness (QED) is 0.206. The van der Waals surface area contributed by atoms with Crippen molar-refractivity contribution in [2.24, 2.45) is 5.92 Å². The second kappa shape index (κ2) is 6.99. The first kappa shape index (κ1) is 18.3.